The first-order chi connectivity index (χ1) is 7.99. The lowest BCUT2D eigenvalue weighted by molar-refractivity contribution is -0.151. The maximum absolute atomic E-state index is 11.4. The second-order valence-electron chi connectivity index (χ2n) is 5.04. The molecule has 0 amide bonds. The quantitative estimate of drug-likeness (QED) is 0.556. The summed E-state index contributed by atoms with van der Waals surface area (Å²) < 4.78 is 10.6. The van der Waals surface area contributed by atoms with Crippen molar-refractivity contribution in [1.82, 2.24) is 0 Å². The van der Waals surface area contributed by atoms with Gasteiger partial charge in [-0.3, -0.25) is 4.79 Å². The van der Waals surface area contributed by atoms with Crippen LogP contribution in [0.4, 0.5) is 0 Å². The zero-order chi connectivity index (χ0) is 12.6. The van der Waals surface area contributed by atoms with E-state index in [1.165, 1.54) is 0 Å². The highest BCUT2D eigenvalue weighted by Crippen LogP contribution is 2.40. The molecule has 1 saturated carbocycles. The molecule has 0 aromatic carbocycles. The summed E-state index contributed by atoms with van der Waals surface area (Å²) in [4.78, 5) is 22.8. The van der Waals surface area contributed by atoms with E-state index in [9.17, 15) is 9.59 Å². The lowest BCUT2D eigenvalue weighted by Crippen LogP contribution is -2.35. The second kappa shape index (κ2) is 4.51. The van der Waals surface area contributed by atoms with Crippen LogP contribution in [0.5, 0.6) is 0 Å². The zero-order valence-corrected chi connectivity index (χ0v) is 10.3. The Balaban J connectivity index is 1.96. The minimum absolute atomic E-state index is 0.0697. The molecule has 94 valence electrons. The normalized spacial score (nSPS) is 32.8. The highest BCUT2D eigenvalue weighted by Gasteiger charge is 2.45. The third-order valence-electron chi connectivity index (χ3n) is 3.69. The predicted molar refractivity (Wildman–Crippen MR) is 61.1 cm³/mol. The third-order valence-corrected chi connectivity index (χ3v) is 3.69. The van der Waals surface area contributed by atoms with Crippen molar-refractivity contribution in [2.45, 2.75) is 45.3 Å². The molecule has 1 aliphatic heterocycles. The summed E-state index contributed by atoms with van der Waals surface area (Å²) in [5.74, 6) is -0.263. The molecule has 4 unspecified atom stereocenters. The molecule has 4 atom stereocenters. The molecule has 0 spiro atoms. The van der Waals surface area contributed by atoms with Gasteiger partial charge in [0.15, 0.2) is 0 Å². The van der Waals surface area contributed by atoms with Crippen molar-refractivity contribution >= 4 is 11.9 Å². The summed E-state index contributed by atoms with van der Waals surface area (Å²) in [6.45, 7) is 7.04. The Morgan fingerprint density at radius 3 is 2.88 bits per heavy atom. The van der Waals surface area contributed by atoms with Crippen LogP contribution in [0.1, 0.15) is 33.1 Å². The lowest BCUT2D eigenvalue weighted by atomic mass is 9.80. The number of hydrogen-bond donors (Lipinski definition) is 0. The van der Waals surface area contributed by atoms with Gasteiger partial charge < -0.3 is 9.47 Å². The molecule has 1 saturated heterocycles. The van der Waals surface area contributed by atoms with Crippen molar-refractivity contribution in [3.63, 3.8) is 0 Å². The van der Waals surface area contributed by atoms with Gasteiger partial charge in [0.1, 0.15) is 12.2 Å². The van der Waals surface area contributed by atoms with Crippen LogP contribution >= 0.6 is 0 Å². The highest BCUT2D eigenvalue weighted by molar-refractivity contribution is 5.87. The van der Waals surface area contributed by atoms with Crippen LogP contribution < -0.4 is 0 Å². The number of hydrogen-bond acceptors (Lipinski definition) is 4. The van der Waals surface area contributed by atoms with E-state index in [-0.39, 0.29) is 36.0 Å². The largest absolute Gasteiger partial charge is 0.462 e. The fraction of sp³-hybridized carbons (Fsp3) is 0.692. The molecule has 17 heavy (non-hydrogen) atoms. The number of ether oxygens (including phenoxy) is 2. The van der Waals surface area contributed by atoms with Gasteiger partial charge in [0.25, 0.3) is 0 Å². The average Bonchev–Trinajstić information content (AvgIpc) is 2.54. The molecular weight excluding hydrogens is 220 g/mol. The topological polar surface area (TPSA) is 52.6 Å². The molecule has 1 heterocycles. The number of carbonyl (C=O) groups excluding carboxylic acids is 2. The first-order valence-electron chi connectivity index (χ1n) is 6.06. The highest BCUT2D eigenvalue weighted by atomic mass is 16.6. The molecule has 2 fully saturated rings. The predicted octanol–water partition coefficient (Wildman–Crippen LogP) is 1.84. The molecule has 1 aliphatic carbocycles. The Morgan fingerprint density at radius 1 is 1.53 bits per heavy atom. The van der Waals surface area contributed by atoms with Crippen molar-refractivity contribution in [2.24, 2.45) is 11.8 Å². The lowest BCUT2D eigenvalue weighted by Gasteiger charge is -2.30. The Bertz CT molecular complexity index is 360. The molecule has 2 aliphatic rings. The Kier molecular flexibility index (Phi) is 3.22. The molecular formula is C13H18O4. The zero-order valence-electron chi connectivity index (χ0n) is 10.3. The van der Waals surface area contributed by atoms with E-state index in [1.807, 2.05) is 6.92 Å². The maximum atomic E-state index is 11.4. The molecule has 4 nitrogen and oxygen atoms in total. The van der Waals surface area contributed by atoms with Gasteiger partial charge >= 0.3 is 11.9 Å². The van der Waals surface area contributed by atoms with Gasteiger partial charge in [-0.15, -0.1) is 0 Å². The van der Waals surface area contributed by atoms with Crippen molar-refractivity contribution in [3.8, 4) is 0 Å². The van der Waals surface area contributed by atoms with Crippen LogP contribution in [0.2, 0.25) is 0 Å². The summed E-state index contributed by atoms with van der Waals surface area (Å²) in [6.07, 6.45) is 2.20. The number of carbonyl (C=O) groups is 2. The van der Waals surface area contributed by atoms with Gasteiger partial charge in [-0.05, 0) is 33.1 Å². The van der Waals surface area contributed by atoms with Gasteiger partial charge in [0, 0.05) is 11.5 Å². The van der Waals surface area contributed by atoms with E-state index >= 15 is 0 Å². The van der Waals surface area contributed by atoms with E-state index in [1.54, 1.807) is 6.92 Å². The van der Waals surface area contributed by atoms with E-state index in [0.717, 1.165) is 19.3 Å². The second-order valence-corrected chi connectivity index (χ2v) is 5.04. The van der Waals surface area contributed by atoms with Crippen LogP contribution in [-0.4, -0.2) is 24.1 Å². The molecule has 0 aromatic heterocycles. The molecule has 2 rings (SSSR count). The number of esters is 2. The molecule has 0 N–H and O–H groups in total. The van der Waals surface area contributed by atoms with Crippen molar-refractivity contribution < 1.29 is 19.1 Å². The maximum Gasteiger partial charge on any atom is 0.333 e. The Hall–Kier alpha value is -1.32. The summed E-state index contributed by atoms with van der Waals surface area (Å²) in [5.41, 5.74) is 0.397. The number of rotatable bonds is 3. The summed E-state index contributed by atoms with van der Waals surface area (Å²) >= 11 is 0. The summed E-state index contributed by atoms with van der Waals surface area (Å²) in [6, 6.07) is 0. The molecule has 0 aromatic rings. The standard InChI is InChI=1S/C13H18O4/c1-7(2)12(14)16-8(3)10-5-4-9-6-11(10)17-13(9)15/h8-11H,1,4-6H2,2-3H3. The minimum Gasteiger partial charge on any atom is -0.462 e. The van der Waals surface area contributed by atoms with Crippen LogP contribution in [0.3, 0.4) is 0 Å². The van der Waals surface area contributed by atoms with E-state index < -0.39 is 0 Å². The summed E-state index contributed by atoms with van der Waals surface area (Å²) in [5, 5.41) is 0. The van der Waals surface area contributed by atoms with Gasteiger partial charge in [-0.1, -0.05) is 6.58 Å². The fourth-order valence-corrected chi connectivity index (χ4v) is 2.64. The molecule has 2 bridgehead atoms. The van der Waals surface area contributed by atoms with Crippen molar-refractivity contribution in [1.29, 1.82) is 0 Å². The van der Waals surface area contributed by atoms with Crippen LogP contribution in [0.15, 0.2) is 12.2 Å². The van der Waals surface area contributed by atoms with Gasteiger partial charge in [-0.25, -0.2) is 4.79 Å². The fourth-order valence-electron chi connectivity index (χ4n) is 2.64. The minimum atomic E-state index is -0.371. The van der Waals surface area contributed by atoms with Gasteiger partial charge in [0.05, 0.1) is 5.92 Å². The van der Waals surface area contributed by atoms with Crippen LogP contribution in [-0.2, 0) is 19.1 Å². The van der Waals surface area contributed by atoms with Crippen LogP contribution in [0, 0.1) is 11.8 Å². The van der Waals surface area contributed by atoms with Crippen molar-refractivity contribution in [2.75, 3.05) is 0 Å². The third kappa shape index (κ3) is 2.35. The summed E-state index contributed by atoms with van der Waals surface area (Å²) in [7, 11) is 0. The Labute approximate surface area is 101 Å². The van der Waals surface area contributed by atoms with E-state index in [0.29, 0.717) is 5.57 Å². The molecule has 4 heteroatoms. The van der Waals surface area contributed by atoms with E-state index in [4.69, 9.17) is 9.47 Å². The average molecular weight is 238 g/mol. The van der Waals surface area contributed by atoms with Crippen molar-refractivity contribution in [3.05, 3.63) is 12.2 Å². The Morgan fingerprint density at radius 2 is 2.24 bits per heavy atom. The SMILES string of the molecule is C=C(C)C(=O)OC(C)C1CCC2CC1OC2=O. The smallest absolute Gasteiger partial charge is 0.333 e. The number of fused-ring (bicyclic) bond motifs is 2. The monoisotopic (exact) mass is 238 g/mol. The van der Waals surface area contributed by atoms with Gasteiger partial charge in [0.2, 0.25) is 0 Å². The molecule has 0 radical (unpaired) electrons. The van der Waals surface area contributed by atoms with E-state index in [2.05, 4.69) is 6.58 Å². The first kappa shape index (κ1) is 12.1. The van der Waals surface area contributed by atoms with Gasteiger partial charge in [-0.2, -0.15) is 0 Å². The first-order valence-corrected chi connectivity index (χ1v) is 6.06. The van der Waals surface area contributed by atoms with Crippen LogP contribution in [0.25, 0.3) is 0 Å².